The Balaban J connectivity index is 1.88. The molecule has 0 aliphatic carbocycles. The van der Waals surface area contributed by atoms with E-state index in [1.165, 1.54) is 29.3 Å². The summed E-state index contributed by atoms with van der Waals surface area (Å²) in [7, 11) is 0. The second kappa shape index (κ2) is 7.74. The third-order valence-corrected chi connectivity index (χ3v) is 3.78. The van der Waals surface area contributed by atoms with Crippen LogP contribution in [0.25, 0.3) is 0 Å². The van der Waals surface area contributed by atoms with Crippen molar-refractivity contribution in [1.29, 1.82) is 0 Å². The van der Waals surface area contributed by atoms with E-state index in [1.54, 1.807) is 0 Å². The second-order valence-corrected chi connectivity index (χ2v) is 5.67. The molecule has 2 aromatic rings. The van der Waals surface area contributed by atoms with Gasteiger partial charge in [-0.25, -0.2) is 0 Å². The third-order valence-electron chi connectivity index (χ3n) is 3.45. The number of halogens is 1. The fourth-order valence-electron chi connectivity index (χ4n) is 2.15. The fourth-order valence-corrected chi connectivity index (χ4v) is 2.35. The Hall–Kier alpha value is -2.40. The average molecular weight is 333 g/mol. The van der Waals surface area contributed by atoms with Crippen LogP contribution in [0.1, 0.15) is 27.9 Å². The summed E-state index contributed by atoms with van der Waals surface area (Å²) in [5.74, 6) is -0.400. The molecule has 0 fully saturated rings. The van der Waals surface area contributed by atoms with Crippen molar-refractivity contribution in [2.75, 3.05) is 6.54 Å². The van der Waals surface area contributed by atoms with Gasteiger partial charge in [-0.2, -0.15) is 0 Å². The van der Waals surface area contributed by atoms with Crippen molar-refractivity contribution >= 4 is 23.2 Å². The van der Waals surface area contributed by atoms with Gasteiger partial charge in [0.2, 0.25) is 0 Å². The van der Waals surface area contributed by atoms with E-state index in [0.717, 1.165) is 12.8 Å². The standard InChI is InChI=1S/C17H17ClN2O3/c1-12-4-6-13(7-5-12)3-2-10-19-17(21)15-11-14(20(22)23)8-9-16(15)18/h4-9,11H,2-3,10H2,1H3,(H,19,21). The van der Waals surface area contributed by atoms with E-state index >= 15 is 0 Å². The molecule has 0 aromatic heterocycles. The van der Waals surface area contributed by atoms with Crippen LogP contribution in [0.15, 0.2) is 42.5 Å². The van der Waals surface area contributed by atoms with E-state index in [9.17, 15) is 14.9 Å². The van der Waals surface area contributed by atoms with Crippen molar-refractivity contribution in [2.24, 2.45) is 0 Å². The number of hydrogen-bond donors (Lipinski definition) is 1. The number of carbonyl (C=O) groups excluding carboxylic acids is 1. The number of non-ortho nitro benzene ring substituents is 1. The van der Waals surface area contributed by atoms with Crippen LogP contribution in [0.3, 0.4) is 0 Å². The minimum atomic E-state index is -0.551. The van der Waals surface area contributed by atoms with Gasteiger partial charge >= 0.3 is 0 Å². The average Bonchev–Trinajstić information content (AvgIpc) is 2.53. The quantitative estimate of drug-likeness (QED) is 0.495. The van der Waals surface area contributed by atoms with Gasteiger partial charge in [0, 0.05) is 18.7 Å². The molecule has 2 rings (SSSR count). The number of hydrogen-bond acceptors (Lipinski definition) is 3. The summed E-state index contributed by atoms with van der Waals surface area (Å²) in [5, 5.41) is 13.7. The summed E-state index contributed by atoms with van der Waals surface area (Å²) in [6.07, 6.45) is 1.63. The molecule has 0 aliphatic rings. The predicted octanol–water partition coefficient (Wildman–Crippen LogP) is 3.92. The highest BCUT2D eigenvalue weighted by Gasteiger charge is 2.15. The first-order chi connectivity index (χ1) is 11.0. The first-order valence-corrected chi connectivity index (χ1v) is 7.63. The topological polar surface area (TPSA) is 72.2 Å². The number of aryl methyl sites for hydroxylation is 2. The van der Waals surface area contributed by atoms with Crippen LogP contribution >= 0.6 is 11.6 Å². The van der Waals surface area contributed by atoms with Gasteiger partial charge in [-0.3, -0.25) is 14.9 Å². The number of nitro groups is 1. The zero-order chi connectivity index (χ0) is 16.8. The predicted molar refractivity (Wildman–Crippen MR) is 89.9 cm³/mol. The van der Waals surface area contributed by atoms with Crippen LogP contribution in [0.5, 0.6) is 0 Å². The van der Waals surface area contributed by atoms with Crippen LogP contribution in [0, 0.1) is 17.0 Å². The summed E-state index contributed by atoms with van der Waals surface area (Å²) < 4.78 is 0. The van der Waals surface area contributed by atoms with Gasteiger partial charge in [-0.15, -0.1) is 0 Å². The SMILES string of the molecule is Cc1ccc(CCCNC(=O)c2cc([N+](=O)[O-])ccc2Cl)cc1. The zero-order valence-electron chi connectivity index (χ0n) is 12.7. The molecule has 120 valence electrons. The Morgan fingerprint density at radius 2 is 1.91 bits per heavy atom. The fraction of sp³-hybridized carbons (Fsp3) is 0.235. The molecule has 23 heavy (non-hydrogen) atoms. The van der Waals surface area contributed by atoms with Crippen molar-refractivity contribution in [3.05, 3.63) is 74.3 Å². The summed E-state index contributed by atoms with van der Waals surface area (Å²) >= 11 is 5.94. The first kappa shape index (κ1) is 17.0. The van der Waals surface area contributed by atoms with E-state index in [2.05, 4.69) is 29.6 Å². The number of carbonyl (C=O) groups is 1. The van der Waals surface area contributed by atoms with Crippen LogP contribution in [0.2, 0.25) is 5.02 Å². The van der Waals surface area contributed by atoms with Crippen LogP contribution in [-0.4, -0.2) is 17.4 Å². The van der Waals surface area contributed by atoms with E-state index in [0.29, 0.717) is 6.54 Å². The monoisotopic (exact) mass is 332 g/mol. The van der Waals surface area contributed by atoms with Gasteiger partial charge in [-0.05, 0) is 31.4 Å². The first-order valence-electron chi connectivity index (χ1n) is 7.25. The zero-order valence-corrected chi connectivity index (χ0v) is 13.5. The van der Waals surface area contributed by atoms with Crippen LogP contribution in [-0.2, 0) is 6.42 Å². The summed E-state index contributed by atoms with van der Waals surface area (Å²) in [6, 6.07) is 12.1. The molecule has 0 saturated heterocycles. The van der Waals surface area contributed by atoms with Crippen LogP contribution < -0.4 is 5.32 Å². The number of nitrogens with zero attached hydrogens (tertiary/aromatic N) is 1. The Morgan fingerprint density at radius 3 is 2.57 bits per heavy atom. The molecular weight excluding hydrogens is 316 g/mol. The van der Waals surface area contributed by atoms with Gasteiger partial charge in [0.05, 0.1) is 15.5 Å². The van der Waals surface area contributed by atoms with Crippen molar-refractivity contribution < 1.29 is 9.72 Å². The van der Waals surface area contributed by atoms with E-state index < -0.39 is 10.8 Å². The third kappa shape index (κ3) is 4.79. The normalized spacial score (nSPS) is 10.3. The van der Waals surface area contributed by atoms with E-state index in [4.69, 9.17) is 11.6 Å². The Bertz CT molecular complexity index is 714. The number of amides is 1. The molecule has 0 aliphatic heterocycles. The highest BCUT2D eigenvalue weighted by Crippen LogP contribution is 2.21. The molecule has 0 saturated carbocycles. The van der Waals surface area contributed by atoms with Gasteiger partial charge in [0.15, 0.2) is 0 Å². The second-order valence-electron chi connectivity index (χ2n) is 5.27. The molecule has 2 aromatic carbocycles. The number of nitrogens with one attached hydrogen (secondary N) is 1. The summed E-state index contributed by atoms with van der Waals surface area (Å²) in [4.78, 5) is 22.3. The van der Waals surface area contributed by atoms with Gasteiger partial charge in [0.25, 0.3) is 11.6 Å². The lowest BCUT2D eigenvalue weighted by molar-refractivity contribution is -0.384. The summed E-state index contributed by atoms with van der Waals surface area (Å²) in [6.45, 7) is 2.51. The van der Waals surface area contributed by atoms with Gasteiger partial charge in [-0.1, -0.05) is 41.4 Å². The minimum Gasteiger partial charge on any atom is -0.352 e. The van der Waals surface area contributed by atoms with Crippen LogP contribution in [0.4, 0.5) is 5.69 Å². The van der Waals surface area contributed by atoms with Crippen molar-refractivity contribution in [1.82, 2.24) is 5.32 Å². The molecule has 6 heteroatoms. The van der Waals surface area contributed by atoms with E-state index in [1.807, 2.05) is 6.92 Å². The van der Waals surface area contributed by atoms with Gasteiger partial charge < -0.3 is 5.32 Å². The summed E-state index contributed by atoms with van der Waals surface area (Å²) in [5.41, 5.74) is 2.39. The number of nitro benzene ring substituents is 1. The highest BCUT2D eigenvalue weighted by atomic mass is 35.5. The van der Waals surface area contributed by atoms with Crippen molar-refractivity contribution in [3.63, 3.8) is 0 Å². The molecule has 0 radical (unpaired) electrons. The Morgan fingerprint density at radius 1 is 1.22 bits per heavy atom. The molecule has 5 nitrogen and oxygen atoms in total. The largest absolute Gasteiger partial charge is 0.352 e. The number of benzene rings is 2. The highest BCUT2D eigenvalue weighted by molar-refractivity contribution is 6.33. The maximum atomic E-state index is 12.1. The lowest BCUT2D eigenvalue weighted by Crippen LogP contribution is -2.25. The molecule has 0 unspecified atom stereocenters. The number of rotatable bonds is 6. The lowest BCUT2D eigenvalue weighted by atomic mass is 10.1. The lowest BCUT2D eigenvalue weighted by Gasteiger charge is -2.07. The maximum Gasteiger partial charge on any atom is 0.270 e. The Labute approximate surface area is 139 Å². The van der Waals surface area contributed by atoms with E-state index in [-0.39, 0.29) is 16.3 Å². The molecule has 0 bridgehead atoms. The molecule has 0 heterocycles. The maximum absolute atomic E-state index is 12.1. The van der Waals surface area contributed by atoms with Crippen molar-refractivity contribution in [2.45, 2.75) is 19.8 Å². The van der Waals surface area contributed by atoms with Gasteiger partial charge in [0.1, 0.15) is 0 Å². The molecule has 1 amide bonds. The molecule has 0 spiro atoms. The molecule has 0 atom stereocenters. The Kier molecular flexibility index (Phi) is 5.71. The van der Waals surface area contributed by atoms with Crippen molar-refractivity contribution in [3.8, 4) is 0 Å². The molecule has 1 N–H and O–H groups in total. The minimum absolute atomic E-state index is 0.121. The smallest absolute Gasteiger partial charge is 0.270 e. The molecular formula is C17H17ClN2O3.